The fourth-order valence-electron chi connectivity index (χ4n) is 3.75. The van der Waals surface area contributed by atoms with Crippen molar-refractivity contribution in [3.63, 3.8) is 0 Å². The molecule has 0 bridgehead atoms. The van der Waals surface area contributed by atoms with Gasteiger partial charge in [0, 0.05) is 5.41 Å². The minimum absolute atomic E-state index is 0.166. The van der Waals surface area contributed by atoms with E-state index in [1.165, 1.54) is 18.7 Å². The van der Waals surface area contributed by atoms with Gasteiger partial charge in [-0.2, -0.15) is 8.78 Å². The summed E-state index contributed by atoms with van der Waals surface area (Å²) in [5.41, 5.74) is -2.09. The van der Waals surface area contributed by atoms with Crippen LogP contribution in [0.4, 0.5) is 22.0 Å². The quantitative estimate of drug-likeness (QED) is 0.0494. The lowest BCUT2D eigenvalue weighted by molar-refractivity contribution is -0.157. The molecule has 2 N–H and O–H groups in total. The number of aliphatic hydroxyl groups is 1. The van der Waals surface area contributed by atoms with E-state index in [0.717, 1.165) is 29.2 Å². The SMILES string of the molecule is CCS[C@@H]1[C@@H]([C@@H](C)O)C(=O)N1C(C(=O)O)=C(Oc1ccc(C(=O)Oc2c(F)c(F)c(F)c(F)c2F)cc1)SC(=O)C(C)(C)C. The number of carboxylic acid groups (broad SMARTS) is 1. The number of ether oxygens (including phenoxy) is 2. The summed E-state index contributed by atoms with van der Waals surface area (Å²) in [6.07, 6.45) is -1.09. The van der Waals surface area contributed by atoms with Crippen LogP contribution in [-0.2, 0) is 14.4 Å². The number of carbonyl (C=O) groups excluding carboxylic acids is 3. The largest absolute Gasteiger partial charge is 0.476 e. The van der Waals surface area contributed by atoms with Gasteiger partial charge in [-0.15, -0.1) is 11.8 Å². The van der Waals surface area contributed by atoms with Crippen LogP contribution in [0.5, 0.6) is 11.5 Å². The maximum Gasteiger partial charge on any atom is 0.357 e. The molecule has 238 valence electrons. The number of aliphatic hydroxyl groups excluding tert-OH is 1. The summed E-state index contributed by atoms with van der Waals surface area (Å²) in [4.78, 5) is 51.7. The van der Waals surface area contributed by atoms with Crippen molar-refractivity contribution in [3.8, 4) is 11.5 Å². The highest BCUT2D eigenvalue weighted by Crippen LogP contribution is 2.43. The van der Waals surface area contributed by atoms with Gasteiger partial charge in [0.1, 0.15) is 5.75 Å². The minimum Gasteiger partial charge on any atom is -0.476 e. The van der Waals surface area contributed by atoms with E-state index < -0.39 is 97.0 Å². The molecule has 1 fully saturated rings. The monoisotopic (exact) mass is 663 g/mol. The summed E-state index contributed by atoms with van der Waals surface area (Å²) < 4.78 is 78.3. The summed E-state index contributed by atoms with van der Waals surface area (Å²) in [5.74, 6) is -18.0. The summed E-state index contributed by atoms with van der Waals surface area (Å²) in [6, 6.07) is 4.11. The fraction of sp³-hybridized carbons (Fsp3) is 0.357. The molecule has 1 heterocycles. The first kappa shape index (κ1) is 34.9. The van der Waals surface area contributed by atoms with E-state index in [2.05, 4.69) is 4.74 Å². The van der Waals surface area contributed by atoms with E-state index in [1.54, 1.807) is 27.7 Å². The van der Waals surface area contributed by atoms with Crippen LogP contribution in [0.1, 0.15) is 45.0 Å². The van der Waals surface area contributed by atoms with Crippen molar-refractivity contribution in [2.45, 2.75) is 46.1 Å². The standard InChI is InChI=1S/C28H26F5NO8S2/c1-6-43-23-14(11(2)35)22(36)34(23)20(24(37)38)26(44-27(40)28(3,4)5)41-13-9-7-12(8-10-13)25(39)42-21-18(32)16(30)15(29)17(31)19(21)33/h7-11,14,23,35H,6H2,1-5H3,(H,37,38)/t11-,14+,23-/m1/s1. The van der Waals surface area contributed by atoms with Gasteiger partial charge < -0.3 is 19.7 Å². The van der Waals surface area contributed by atoms with Crippen molar-refractivity contribution in [1.29, 1.82) is 0 Å². The number of hydrogen-bond acceptors (Lipinski definition) is 9. The molecule has 3 rings (SSSR count). The Bertz CT molecular complexity index is 1500. The molecule has 2 aromatic rings. The maximum atomic E-state index is 13.9. The second-order valence-electron chi connectivity index (χ2n) is 10.3. The normalized spacial score (nSPS) is 17.9. The highest BCUT2D eigenvalue weighted by molar-refractivity contribution is 8.16. The van der Waals surface area contributed by atoms with Crippen molar-refractivity contribution in [3.05, 3.63) is 69.7 Å². The number of carboxylic acids is 1. The molecule has 0 spiro atoms. The van der Waals surface area contributed by atoms with Crippen LogP contribution in [0.25, 0.3) is 0 Å². The number of esters is 1. The molecular weight excluding hydrogens is 637 g/mol. The highest BCUT2D eigenvalue weighted by atomic mass is 32.2. The minimum atomic E-state index is -2.44. The Morgan fingerprint density at radius 1 is 0.955 bits per heavy atom. The number of rotatable bonds is 10. The Kier molecular flexibility index (Phi) is 10.7. The summed E-state index contributed by atoms with van der Waals surface area (Å²) in [7, 11) is 0. The van der Waals surface area contributed by atoms with Gasteiger partial charge in [-0.3, -0.25) is 14.5 Å². The molecule has 0 aliphatic carbocycles. The van der Waals surface area contributed by atoms with Gasteiger partial charge in [-0.1, -0.05) is 27.7 Å². The van der Waals surface area contributed by atoms with Crippen LogP contribution in [0.3, 0.4) is 0 Å². The average molecular weight is 664 g/mol. The number of thioether (sulfide) groups is 2. The highest BCUT2D eigenvalue weighted by Gasteiger charge is 2.54. The van der Waals surface area contributed by atoms with Crippen molar-refractivity contribution in [1.82, 2.24) is 4.90 Å². The Hall–Kier alpha value is -3.63. The molecule has 0 radical (unpaired) electrons. The van der Waals surface area contributed by atoms with Crippen molar-refractivity contribution < 1.29 is 60.8 Å². The van der Waals surface area contributed by atoms with Crippen LogP contribution in [0.15, 0.2) is 35.1 Å². The van der Waals surface area contributed by atoms with Crippen molar-refractivity contribution in [2.24, 2.45) is 11.3 Å². The molecule has 44 heavy (non-hydrogen) atoms. The maximum absolute atomic E-state index is 13.9. The lowest BCUT2D eigenvalue weighted by atomic mass is 9.92. The Balaban J connectivity index is 1.99. The van der Waals surface area contributed by atoms with E-state index in [1.807, 2.05) is 0 Å². The molecule has 0 unspecified atom stereocenters. The molecule has 9 nitrogen and oxygen atoms in total. The van der Waals surface area contributed by atoms with E-state index in [-0.39, 0.29) is 5.75 Å². The van der Waals surface area contributed by atoms with Gasteiger partial charge in [-0.05, 0) is 48.7 Å². The van der Waals surface area contributed by atoms with Crippen LogP contribution >= 0.6 is 23.5 Å². The predicted octanol–water partition coefficient (Wildman–Crippen LogP) is 5.46. The number of amides is 1. The molecule has 0 saturated carbocycles. The molecule has 16 heteroatoms. The van der Waals surface area contributed by atoms with Gasteiger partial charge in [0.2, 0.25) is 45.9 Å². The zero-order valence-electron chi connectivity index (χ0n) is 23.7. The second-order valence-corrected chi connectivity index (χ2v) is 12.7. The number of β-lactam (4-membered cyclic amide) rings is 1. The second kappa shape index (κ2) is 13.6. The first-order valence-corrected chi connectivity index (χ1v) is 14.6. The van der Waals surface area contributed by atoms with E-state index >= 15 is 0 Å². The van der Waals surface area contributed by atoms with Gasteiger partial charge in [-0.25, -0.2) is 22.8 Å². The molecular formula is C28H26F5NO8S2. The molecule has 3 atom stereocenters. The molecule has 1 aliphatic rings. The zero-order valence-corrected chi connectivity index (χ0v) is 25.4. The van der Waals surface area contributed by atoms with E-state index in [4.69, 9.17) is 4.74 Å². The Morgan fingerprint density at radius 2 is 1.48 bits per heavy atom. The number of benzene rings is 2. The molecule has 1 saturated heterocycles. The van der Waals surface area contributed by atoms with Crippen LogP contribution in [0, 0.1) is 40.4 Å². The van der Waals surface area contributed by atoms with E-state index in [9.17, 15) is 51.3 Å². The van der Waals surface area contributed by atoms with Crippen molar-refractivity contribution >= 4 is 46.5 Å². The third-order valence-corrected chi connectivity index (χ3v) is 8.48. The van der Waals surface area contributed by atoms with Crippen LogP contribution in [-0.4, -0.2) is 55.3 Å². The van der Waals surface area contributed by atoms with Crippen LogP contribution < -0.4 is 9.47 Å². The number of hydrogen-bond donors (Lipinski definition) is 2. The number of halogens is 5. The molecule has 1 aliphatic heterocycles. The average Bonchev–Trinajstić information content (AvgIpc) is 2.94. The summed E-state index contributed by atoms with van der Waals surface area (Å²) in [6.45, 7) is 7.86. The van der Waals surface area contributed by atoms with Gasteiger partial charge in [0.25, 0.3) is 0 Å². The first-order valence-electron chi connectivity index (χ1n) is 12.8. The number of likely N-dealkylation sites (tertiary alicyclic amines) is 1. The molecule has 2 aromatic carbocycles. The van der Waals surface area contributed by atoms with E-state index in [0.29, 0.717) is 17.5 Å². The number of carbonyl (C=O) groups is 4. The lowest BCUT2D eigenvalue weighted by Crippen LogP contribution is -2.63. The smallest absolute Gasteiger partial charge is 0.357 e. The van der Waals surface area contributed by atoms with Crippen molar-refractivity contribution in [2.75, 3.05) is 5.75 Å². The third kappa shape index (κ3) is 7.02. The lowest BCUT2D eigenvalue weighted by Gasteiger charge is -2.47. The summed E-state index contributed by atoms with van der Waals surface area (Å²) in [5, 5.41) is 18.4. The first-order chi connectivity index (χ1) is 20.4. The predicted molar refractivity (Wildman–Crippen MR) is 149 cm³/mol. The van der Waals surface area contributed by atoms with Crippen LogP contribution in [0.2, 0.25) is 0 Å². The zero-order chi connectivity index (χ0) is 33.3. The topological polar surface area (TPSA) is 130 Å². The van der Waals surface area contributed by atoms with Gasteiger partial charge >= 0.3 is 11.9 Å². The van der Waals surface area contributed by atoms with Gasteiger partial charge in [0.15, 0.2) is 10.8 Å². The Labute approximate surface area is 256 Å². The van der Waals surface area contributed by atoms with Gasteiger partial charge in [0.05, 0.1) is 23.0 Å². The summed E-state index contributed by atoms with van der Waals surface area (Å²) >= 11 is 1.60. The Morgan fingerprint density at radius 3 is 1.93 bits per heavy atom. The molecule has 1 amide bonds. The molecule has 0 aromatic heterocycles. The number of aliphatic carboxylic acids is 1. The third-order valence-electron chi connectivity index (χ3n) is 6.04. The fourth-order valence-corrected chi connectivity index (χ4v) is 5.90. The number of nitrogens with zero attached hydrogens (tertiary/aromatic N) is 1.